The van der Waals surface area contributed by atoms with Gasteiger partial charge in [0.25, 0.3) is 0 Å². The van der Waals surface area contributed by atoms with Gasteiger partial charge in [-0.1, -0.05) is 0 Å². The summed E-state index contributed by atoms with van der Waals surface area (Å²) in [5.74, 6) is -1.92. The van der Waals surface area contributed by atoms with Gasteiger partial charge in [0.1, 0.15) is 12.5 Å². The molecule has 0 fully saturated rings. The van der Waals surface area contributed by atoms with Crippen molar-refractivity contribution in [3.8, 4) is 0 Å². The first kappa shape index (κ1) is 11.6. The largest absolute Gasteiger partial charge is 0.478 e. The molecule has 84 valence electrons. The molecule has 0 aliphatic rings. The van der Waals surface area contributed by atoms with Crippen LogP contribution in [0.2, 0.25) is 0 Å². The van der Waals surface area contributed by atoms with Crippen LogP contribution in [0.15, 0.2) is 46.0 Å². The molecule has 0 saturated carbocycles. The monoisotopic (exact) mass is 224 g/mol. The highest BCUT2D eigenvalue weighted by Gasteiger charge is 2.00. The second-order valence-corrected chi connectivity index (χ2v) is 2.63. The number of furan rings is 2. The Bertz CT molecular complexity index is 395. The van der Waals surface area contributed by atoms with Gasteiger partial charge in [-0.15, -0.1) is 0 Å². The van der Waals surface area contributed by atoms with E-state index in [0.717, 1.165) is 0 Å². The van der Waals surface area contributed by atoms with Crippen LogP contribution in [0.4, 0.5) is 0 Å². The van der Waals surface area contributed by atoms with Crippen LogP contribution in [-0.4, -0.2) is 22.2 Å². The average molecular weight is 224 g/mol. The SMILES string of the molecule is O=C(O)c1ccoc1.O=C(O)c1ccoc1. The fourth-order valence-corrected chi connectivity index (χ4v) is 0.772. The van der Waals surface area contributed by atoms with Gasteiger partial charge < -0.3 is 19.0 Å². The highest BCUT2D eigenvalue weighted by Crippen LogP contribution is 1.98. The maximum atomic E-state index is 10.0. The van der Waals surface area contributed by atoms with E-state index < -0.39 is 11.9 Å². The van der Waals surface area contributed by atoms with Crippen molar-refractivity contribution < 1.29 is 28.6 Å². The van der Waals surface area contributed by atoms with Crippen molar-refractivity contribution in [2.75, 3.05) is 0 Å². The molecule has 0 radical (unpaired) electrons. The van der Waals surface area contributed by atoms with Crippen molar-refractivity contribution in [1.82, 2.24) is 0 Å². The maximum Gasteiger partial charge on any atom is 0.338 e. The molecular formula is C10H8O6. The summed E-state index contributed by atoms with van der Waals surface area (Å²) in [7, 11) is 0. The van der Waals surface area contributed by atoms with E-state index in [1.54, 1.807) is 0 Å². The van der Waals surface area contributed by atoms with E-state index in [4.69, 9.17) is 10.2 Å². The van der Waals surface area contributed by atoms with Crippen molar-refractivity contribution in [3.63, 3.8) is 0 Å². The second kappa shape index (κ2) is 5.40. The number of carbonyl (C=O) groups is 2. The zero-order valence-corrected chi connectivity index (χ0v) is 7.99. The van der Waals surface area contributed by atoms with Crippen molar-refractivity contribution in [2.24, 2.45) is 0 Å². The fourth-order valence-electron chi connectivity index (χ4n) is 0.772. The summed E-state index contributed by atoms with van der Waals surface area (Å²) in [6.45, 7) is 0. The number of hydrogen-bond acceptors (Lipinski definition) is 4. The van der Waals surface area contributed by atoms with E-state index in [2.05, 4.69) is 8.83 Å². The van der Waals surface area contributed by atoms with E-state index >= 15 is 0 Å². The lowest BCUT2D eigenvalue weighted by molar-refractivity contribution is 0.0685. The number of rotatable bonds is 2. The summed E-state index contributed by atoms with van der Waals surface area (Å²) in [5.41, 5.74) is 0.370. The molecule has 0 unspecified atom stereocenters. The number of carboxylic acid groups (broad SMARTS) is 2. The zero-order chi connectivity index (χ0) is 12.0. The second-order valence-electron chi connectivity index (χ2n) is 2.63. The van der Waals surface area contributed by atoms with Gasteiger partial charge in [0, 0.05) is 0 Å². The third-order valence-corrected chi connectivity index (χ3v) is 1.54. The Labute approximate surface area is 89.7 Å². The molecule has 6 nitrogen and oxygen atoms in total. The van der Waals surface area contributed by atoms with Crippen LogP contribution in [0, 0.1) is 0 Å². The molecule has 0 bridgehead atoms. The number of aromatic carboxylic acids is 2. The van der Waals surface area contributed by atoms with Crippen molar-refractivity contribution in [2.45, 2.75) is 0 Å². The van der Waals surface area contributed by atoms with Crippen LogP contribution in [0.25, 0.3) is 0 Å². The lowest BCUT2D eigenvalue weighted by Crippen LogP contribution is -1.90. The smallest absolute Gasteiger partial charge is 0.338 e. The first-order valence-corrected chi connectivity index (χ1v) is 4.12. The molecule has 0 spiro atoms. The van der Waals surface area contributed by atoms with Crippen LogP contribution in [0.1, 0.15) is 20.7 Å². The van der Waals surface area contributed by atoms with E-state index in [1.165, 1.54) is 37.2 Å². The molecule has 0 aromatic carbocycles. The third-order valence-electron chi connectivity index (χ3n) is 1.54. The maximum absolute atomic E-state index is 10.0. The predicted molar refractivity (Wildman–Crippen MR) is 51.3 cm³/mol. The van der Waals surface area contributed by atoms with Crippen LogP contribution in [0.5, 0.6) is 0 Å². The van der Waals surface area contributed by atoms with Gasteiger partial charge in [0.05, 0.1) is 23.7 Å². The molecule has 6 heteroatoms. The summed E-state index contributed by atoms with van der Waals surface area (Å²) < 4.78 is 8.99. The highest BCUT2D eigenvalue weighted by molar-refractivity contribution is 5.87. The summed E-state index contributed by atoms with van der Waals surface area (Å²) in [6.07, 6.45) is 5.01. The molecular weight excluding hydrogens is 216 g/mol. The minimum atomic E-state index is -0.959. The van der Waals surface area contributed by atoms with Gasteiger partial charge in [0.2, 0.25) is 0 Å². The van der Waals surface area contributed by atoms with Crippen molar-refractivity contribution >= 4 is 11.9 Å². The minimum Gasteiger partial charge on any atom is -0.478 e. The van der Waals surface area contributed by atoms with E-state index in [-0.39, 0.29) is 11.1 Å². The van der Waals surface area contributed by atoms with Crippen LogP contribution in [0.3, 0.4) is 0 Å². The molecule has 2 aromatic heterocycles. The molecule has 16 heavy (non-hydrogen) atoms. The van der Waals surface area contributed by atoms with Crippen molar-refractivity contribution in [1.29, 1.82) is 0 Å². The molecule has 0 aliphatic heterocycles. The predicted octanol–water partition coefficient (Wildman–Crippen LogP) is 1.96. The highest BCUT2D eigenvalue weighted by atomic mass is 16.4. The standard InChI is InChI=1S/2C5H4O3/c2*6-5(7)4-1-2-8-3-4/h2*1-3H,(H,6,7). The molecule has 0 aliphatic carbocycles. The van der Waals surface area contributed by atoms with Gasteiger partial charge in [-0.05, 0) is 12.1 Å². The molecule has 2 heterocycles. The number of carboxylic acids is 2. The Morgan fingerprint density at radius 3 is 1.38 bits per heavy atom. The quantitative estimate of drug-likeness (QED) is 0.808. The molecule has 0 atom stereocenters. The molecule has 0 saturated heterocycles. The van der Waals surface area contributed by atoms with Gasteiger partial charge in [0.15, 0.2) is 0 Å². The minimum absolute atomic E-state index is 0.185. The molecule has 2 rings (SSSR count). The Morgan fingerprint density at radius 1 is 0.875 bits per heavy atom. The van der Waals surface area contributed by atoms with Crippen LogP contribution in [-0.2, 0) is 0 Å². The lowest BCUT2D eigenvalue weighted by atomic mass is 10.4. The van der Waals surface area contributed by atoms with E-state index in [9.17, 15) is 9.59 Å². The normalized spacial score (nSPS) is 9.00. The molecule has 2 N–H and O–H groups in total. The lowest BCUT2D eigenvalue weighted by Gasteiger charge is -1.77. The van der Waals surface area contributed by atoms with Gasteiger partial charge >= 0.3 is 11.9 Å². The Kier molecular flexibility index (Phi) is 3.90. The topological polar surface area (TPSA) is 101 Å². The third kappa shape index (κ3) is 3.33. The average Bonchev–Trinajstić information content (AvgIpc) is 2.93. The molecule has 0 amide bonds. The summed E-state index contributed by atoms with van der Waals surface area (Å²) in [5, 5.41) is 16.4. The van der Waals surface area contributed by atoms with Gasteiger partial charge in [-0.25, -0.2) is 9.59 Å². The van der Waals surface area contributed by atoms with Crippen LogP contribution < -0.4 is 0 Å². The summed E-state index contributed by atoms with van der Waals surface area (Å²) in [4.78, 5) is 20.0. The van der Waals surface area contributed by atoms with Gasteiger partial charge in [-0.3, -0.25) is 0 Å². The van der Waals surface area contributed by atoms with E-state index in [1.807, 2.05) is 0 Å². The Balaban J connectivity index is 0.000000160. The fraction of sp³-hybridized carbons (Fsp3) is 0. The Morgan fingerprint density at radius 2 is 1.25 bits per heavy atom. The first-order valence-electron chi connectivity index (χ1n) is 4.12. The number of hydrogen-bond donors (Lipinski definition) is 2. The molecule has 2 aromatic rings. The van der Waals surface area contributed by atoms with Gasteiger partial charge in [-0.2, -0.15) is 0 Å². The first-order chi connectivity index (χ1) is 7.61. The Hall–Kier alpha value is -2.50. The summed E-state index contributed by atoms with van der Waals surface area (Å²) >= 11 is 0. The van der Waals surface area contributed by atoms with Crippen molar-refractivity contribution in [3.05, 3.63) is 48.3 Å². The van der Waals surface area contributed by atoms with E-state index in [0.29, 0.717) is 0 Å². The summed E-state index contributed by atoms with van der Waals surface area (Å²) in [6, 6.07) is 2.78. The zero-order valence-electron chi connectivity index (χ0n) is 7.99. The van der Waals surface area contributed by atoms with Crippen LogP contribution >= 0.6 is 0 Å².